The van der Waals surface area contributed by atoms with Gasteiger partial charge in [0.1, 0.15) is 11.9 Å². The average molecular weight is 474 g/mol. The van der Waals surface area contributed by atoms with Crippen LogP contribution >= 0.6 is 11.6 Å². The monoisotopic (exact) mass is 473 g/mol. The van der Waals surface area contributed by atoms with Crippen molar-refractivity contribution in [2.24, 2.45) is 0 Å². The van der Waals surface area contributed by atoms with E-state index in [1.165, 1.54) is 4.52 Å². The molecule has 2 fully saturated rings. The number of nitrogens with zero attached hydrogens (tertiary/aromatic N) is 5. The molecule has 176 valence electrons. The van der Waals surface area contributed by atoms with Gasteiger partial charge in [0, 0.05) is 24.8 Å². The van der Waals surface area contributed by atoms with Gasteiger partial charge < -0.3 is 36.8 Å². The summed E-state index contributed by atoms with van der Waals surface area (Å²) in [5.41, 5.74) is 13.7. The van der Waals surface area contributed by atoms with Crippen molar-refractivity contribution in [1.29, 1.82) is 0 Å². The Morgan fingerprint density at radius 2 is 2.06 bits per heavy atom. The van der Waals surface area contributed by atoms with E-state index in [-0.39, 0.29) is 6.10 Å². The number of nitrogens with two attached hydrogens (primary N) is 2. The second kappa shape index (κ2) is 8.08. The van der Waals surface area contributed by atoms with Crippen LogP contribution in [0.2, 0.25) is 5.02 Å². The van der Waals surface area contributed by atoms with Crippen molar-refractivity contribution in [2.45, 2.75) is 44.4 Å². The first-order valence-electron chi connectivity index (χ1n) is 10.9. The summed E-state index contributed by atoms with van der Waals surface area (Å²) < 4.78 is 7.29. The van der Waals surface area contributed by atoms with Crippen LogP contribution in [0, 0.1) is 0 Å². The zero-order valence-electron chi connectivity index (χ0n) is 18.5. The Labute approximate surface area is 196 Å². The van der Waals surface area contributed by atoms with Gasteiger partial charge in [-0.3, -0.25) is 0 Å². The first kappa shape index (κ1) is 21.8. The molecule has 33 heavy (non-hydrogen) atoms. The highest BCUT2D eigenvalue weighted by atomic mass is 35.5. The number of fused-ring (bicyclic) bond motifs is 1. The number of anilines is 6. The number of aliphatic hydroxyl groups is 1. The molecule has 1 saturated carbocycles. The minimum absolute atomic E-state index is 0.310. The molecular weight excluding hydrogens is 446 g/mol. The lowest BCUT2D eigenvalue weighted by Gasteiger charge is -2.40. The maximum Gasteiger partial charge on any atom is 0.247 e. The zero-order chi connectivity index (χ0) is 23.3. The maximum absolute atomic E-state index is 10.4. The molecule has 0 amide bonds. The minimum Gasteiger partial charge on any atom is -0.399 e. The van der Waals surface area contributed by atoms with Gasteiger partial charge in [-0.05, 0) is 38.8 Å². The largest absolute Gasteiger partial charge is 0.399 e. The van der Waals surface area contributed by atoms with E-state index in [9.17, 15) is 5.11 Å². The van der Waals surface area contributed by atoms with Gasteiger partial charge in [0.15, 0.2) is 11.5 Å². The molecular formula is C21H28ClN9O2. The lowest BCUT2D eigenvalue weighted by molar-refractivity contribution is -0.0927. The Kier molecular flexibility index (Phi) is 5.34. The standard InChI is InChI=1S/C21H28ClN9O2/c1-21(2,32)15-10-30(5-6-33-15)14-8-11(23)7-13(17(14)22)27-20-28-18(26-12-3-4-12)19-25-9-16(24)31(19)29-20/h7-9,12,15,32H,3-6,10,23-24H2,1-2H3,(H2,26,27,28,29)/t15-/m0/s1. The predicted molar refractivity (Wildman–Crippen MR) is 129 cm³/mol. The third-order valence-corrected chi connectivity index (χ3v) is 6.22. The summed E-state index contributed by atoms with van der Waals surface area (Å²) in [6.45, 7) is 5.04. The van der Waals surface area contributed by atoms with Gasteiger partial charge in [-0.15, -0.1) is 5.10 Å². The summed E-state index contributed by atoms with van der Waals surface area (Å²) >= 11 is 6.81. The summed E-state index contributed by atoms with van der Waals surface area (Å²) in [6.07, 6.45) is 3.37. The van der Waals surface area contributed by atoms with Crippen molar-refractivity contribution in [2.75, 3.05) is 46.7 Å². The number of aromatic nitrogens is 4. The van der Waals surface area contributed by atoms with Gasteiger partial charge in [-0.1, -0.05) is 11.6 Å². The van der Waals surface area contributed by atoms with Crippen LogP contribution in [0.4, 0.5) is 34.6 Å². The summed E-state index contributed by atoms with van der Waals surface area (Å²) in [4.78, 5) is 11.0. The third kappa shape index (κ3) is 4.43. The summed E-state index contributed by atoms with van der Waals surface area (Å²) in [6, 6.07) is 3.93. The van der Waals surface area contributed by atoms with E-state index < -0.39 is 5.60 Å². The van der Waals surface area contributed by atoms with Crippen molar-refractivity contribution >= 4 is 51.9 Å². The highest BCUT2D eigenvalue weighted by molar-refractivity contribution is 6.36. The van der Waals surface area contributed by atoms with Gasteiger partial charge in [0.05, 0.1) is 34.8 Å². The molecule has 3 aromatic rings. The van der Waals surface area contributed by atoms with E-state index >= 15 is 0 Å². The van der Waals surface area contributed by atoms with Gasteiger partial charge in [0.25, 0.3) is 0 Å². The molecule has 11 nitrogen and oxygen atoms in total. The fourth-order valence-corrected chi connectivity index (χ4v) is 4.11. The van der Waals surface area contributed by atoms with E-state index in [1.807, 2.05) is 6.07 Å². The SMILES string of the molecule is CC(C)(O)[C@@H]1CN(c2cc(N)cc(Nc3nc(NC4CC4)c4ncc(N)n4n3)c2Cl)CCO1. The molecule has 2 aliphatic rings. The highest BCUT2D eigenvalue weighted by Crippen LogP contribution is 2.38. The van der Waals surface area contributed by atoms with Crippen LogP contribution in [0.1, 0.15) is 26.7 Å². The molecule has 1 saturated heterocycles. The molecule has 1 aromatic carbocycles. The van der Waals surface area contributed by atoms with Crippen LogP contribution in [0.5, 0.6) is 0 Å². The second-order valence-electron chi connectivity index (χ2n) is 9.11. The molecule has 12 heteroatoms. The van der Waals surface area contributed by atoms with Gasteiger partial charge in [0.2, 0.25) is 5.95 Å². The molecule has 3 heterocycles. The average Bonchev–Trinajstić information content (AvgIpc) is 3.50. The van der Waals surface area contributed by atoms with Crippen LogP contribution in [0.15, 0.2) is 18.3 Å². The fourth-order valence-electron chi connectivity index (χ4n) is 3.84. The third-order valence-electron chi connectivity index (χ3n) is 5.82. The van der Waals surface area contributed by atoms with Crippen LogP contribution in [0.3, 0.4) is 0 Å². The van der Waals surface area contributed by atoms with E-state index in [2.05, 4.69) is 30.6 Å². The van der Waals surface area contributed by atoms with E-state index in [4.69, 9.17) is 27.8 Å². The first-order chi connectivity index (χ1) is 15.7. The molecule has 7 N–H and O–H groups in total. The summed E-state index contributed by atoms with van der Waals surface area (Å²) in [5, 5.41) is 21.9. The van der Waals surface area contributed by atoms with Crippen molar-refractivity contribution in [1.82, 2.24) is 19.6 Å². The second-order valence-corrected chi connectivity index (χ2v) is 9.48. The number of morpholine rings is 1. The molecule has 0 spiro atoms. The topological polar surface area (TPSA) is 152 Å². The number of benzene rings is 1. The Morgan fingerprint density at radius 1 is 1.27 bits per heavy atom. The number of nitrogen functional groups attached to an aromatic ring is 2. The fraction of sp³-hybridized carbons (Fsp3) is 0.476. The molecule has 1 aliphatic heterocycles. The van der Waals surface area contributed by atoms with Gasteiger partial charge in [-0.2, -0.15) is 9.50 Å². The molecule has 1 atom stereocenters. The summed E-state index contributed by atoms with van der Waals surface area (Å²) in [7, 11) is 0. The van der Waals surface area contributed by atoms with Gasteiger partial charge >= 0.3 is 0 Å². The Hall–Kier alpha value is -3.02. The zero-order valence-corrected chi connectivity index (χ0v) is 19.3. The smallest absolute Gasteiger partial charge is 0.247 e. The lowest BCUT2D eigenvalue weighted by atomic mass is 10.00. The van der Waals surface area contributed by atoms with Crippen molar-refractivity contribution in [3.05, 3.63) is 23.4 Å². The highest BCUT2D eigenvalue weighted by Gasteiger charge is 2.33. The quantitative estimate of drug-likeness (QED) is 0.337. The number of hydrogen-bond donors (Lipinski definition) is 5. The van der Waals surface area contributed by atoms with Crippen LogP contribution in [0.25, 0.3) is 5.65 Å². The van der Waals surface area contributed by atoms with Crippen molar-refractivity contribution in [3.63, 3.8) is 0 Å². The Morgan fingerprint density at radius 3 is 2.79 bits per heavy atom. The molecule has 1 aliphatic carbocycles. The number of hydrogen-bond acceptors (Lipinski definition) is 10. The van der Waals surface area contributed by atoms with Gasteiger partial charge in [-0.25, -0.2) is 4.98 Å². The number of imidazole rings is 1. The van der Waals surface area contributed by atoms with Crippen LogP contribution in [-0.2, 0) is 4.74 Å². The lowest BCUT2D eigenvalue weighted by Crippen LogP contribution is -2.52. The molecule has 5 rings (SSSR count). The Bertz CT molecular complexity index is 1190. The predicted octanol–water partition coefficient (Wildman–Crippen LogP) is 2.24. The maximum atomic E-state index is 10.4. The number of halogens is 1. The number of rotatable bonds is 6. The summed E-state index contributed by atoms with van der Waals surface area (Å²) in [5.74, 6) is 1.32. The van der Waals surface area contributed by atoms with Crippen LogP contribution < -0.4 is 27.0 Å². The molecule has 0 bridgehead atoms. The molecule has 0 unspecified atom stereocenters. The van der Waals surface area contributed by atoms with Crippen LogP contribution in [-0.4, -0.2) is 62.1 Å². The number of nitrogens with one attached hydrogen (secondary N) is 2. The molecule has 2 aromatic heterocycles. The normalized spacial score (nSPS) is 19.2. The Balaban J connectivity index is 1.47. The van der Waals surface area contributed by atoms with E-state index in [0.717, 1.165) is 18.5 Å². The van der Waals surface area contributed by atoms with Crippen molar-refractivity contribution in [3.8, 4) is 0 Å². The van der Waals surface area contributed by atoms with E-state index in [0.29, 0.717) is 65.4 Å². The minimum atomic E-state index is -0.981. The first-order valence-corrected chi connectivity index (χ1v) is 11.3. The van der Waals surface area contributed by atoms with Crippen molar-refractivity contribution < 1.29 is 9.84 Å². The molecule has 0 radical (unpaired) electrons. The van der Waals surface area contributed by atoms with E-state index in [1.54, 1.807) is 26.1 Å². The number of ether oxygens (including phenoxy) is 1.